The zero-order valence-corrected chi connectivity index (χ0v) is 34.1. The Bertz CT molecular complexity index is 3090. The molecule has 2 heterocycles. The van der Waals surface area contributed by atoms with Crippen LogP contribution in [0.3, 0.4) is 0 Å². The van der Waals surface area contributed by atoms with Crippen molar-refractivity contribution in [3.63, 3.8) is 0 Å². The summed E-state index contributed by atoms with van der Waals surface area (Å²) in [7, 11) is 0. The van der Waals surface area contributed by atoms with Crippen LogP contribution in [0.4, 0.5) is 17.1 Å². The Kier molecular flexibility index (Phi) is 10.0. The van der Waals surface area contributed by atoms with Crippen molar-refractivity contribution >= 4 is 38.9 Å². The highest BCUT2D eigenvalue weighted by Crippen LogP contribution is 2.38. The first-order valence-electron chi connectivity index (χ1n) is 20.5. The lowest BCUT2D eigenvalue weighted by atomic mass is 9.97. The summed E-state index contributed by atoms with van der Waals surface area (Å²) in [6.07, 6.45) is 0. The van der Waals surface area contributed by atoms with Gasteiger partial charge in [0.15, 0.2) is 0 Å². The molecule has 2 aromatic heterocycles. The van der Waals surface area contributed by atoms with E-state index in [9.17, 15) is 10.5 Å². The fraction of sp³-hybridized carbons (Fsp3) is 0.109. The molecule has 0 aliphatic heterocycles. The molecule has 7 aromatic carbocycles. The van der Waals surface area contributed by atoms with Crippen molar-refractivity contribution in [1.29, 1.82) is 10.5 Å². The maximum absolute atomic E-state index is 9.91. The van der Waals surface area contributed by atoms with Gasteiger partial charge in [-0.2, -0.15) is 10.5 Å². The van der Waals surface area contributed by atoms with E-state index in [4.69, 9.17) is 4.98 Å². The van der Waals surface area contributed by atoms with E-state index in [2.05, 4.69) is 201 Å². The smallest absolute Gasteiger partial charge is 0.101 e. The lowest BCUT2D eigenvalue weighted by Gasteiger charge is -2.26. The number of hydrogen-bond donors (Lipinski definition) is 0. The van der Waals surface area contributed by atoms with Crippen LogP contribution in [0.5, 0.6) is 0 Å². The Balaban J connectivity index is 1.13. The molecule has 0 fully saturated rings. The maximum Gasteiger partial charge on any atom is 0.101 e. The monoisotopic (exact) mass is 773 g/mol. The van der Waals surface area contributed by atoms with E-state index in [0.29, 0.717) is 23.0 Å². The van der Waals surface area contributed by atoms with Gasteiger partial charge in [-0.05, 0) is 125 Å². The molecule has 9 rings (SSSR count). The minimum absolute atomic E-state index is 0.345. The summed E-state index contributed by atoms with van der Waals surface area (Å²) >= 11 is 0. The minimum atomic E-state index is 0.345. The number of anilines is 3. The zero-order valence-electron chi connectivity index (χ0n) is 34.1. The van der Waals surface area contributed by atoms with Crippen LogP contribution in [0.25, 0.3) is 61.1 Å². The van der Waals surface area contributed by atoms with Crippen molar-refractivity contribution < 1.29 is 0 Å². The molecule has 0 bridgehead atoms. The topological polar surface area (TPSA) is 68.6 Å². The Hall–Kier alpha value is -7.73. The highest BCUT2D eigenvalue weighted by molar-refractivity contribution is 6.09. The van der Waals surface area contributed by atoms with Crippen molar-refractivity contribution in [2.75, 3.05) is 4.90 Å². The van der Waals surface area contributed by atoms with Gasteiger partial charge in [0.25, 0.3) is 0 Å². The first-order valence-corrected chi connectivity index (χ1v) is 20.5. The molecule has 0 unspecified atom stereocenters. The lowest BCUT2D eigenvalue weighted by molar-refractivity contribution is 0.866. The lowest BCUT2D eigenvalue weighted by Crippen LogP contribution is -2.09. The fourth-order valence-electron chi connectivity index (χ4n) is 8.13. The number of rotatable bonds is 9. The molecule has 0 aliphatic carbocycles. The summed E-state index contributed by atoms with van der Waals surface area (Å²) in [6.45, 7) is 8.90. The number of benzene rings is 7. The van der Waals surface area contributed by atoms with Gasteiger partial charge >= 0.3 is 0 Å². The van der Waals surface area contributed by atoms with E-state index in [0.717, 1.165) is 56.4 Å². The first kappa shape index (κ1) is 37.8. The molecule has 0 N–H and O–H groups in total. The number of para-hydroxylation sites is 2. The highest BCUT2D eigenvalue weighted by Gasteiger charge is 2.17. The Morgan fingerprint density at radius 3 is 1.62 bits per heavy atom. The second kappa shape index (κ2) is 15.9. The Morgan fingerprint density at radius 2 is 0.983 bits per heavy atom. The number of fused-ring (bicyclic) bond motifs is 3. The SMILES string of the molecule is CC(C)c1ccc(N(c2ccccc2)c2ccc(-c3cc(-c4ccc(C#N)c(C#N)c4)cc(-c4ccc(-n5c6ccccc6c6cc(C(C)C)ccc65)cc4)n3)cc2)cc1. The summed E-state index contributed by atoms with van der Waals surface area (Å²) in [5.41, 5.74) is 15.2. The molecule has 5 nitrogen and oxygen atoms in total. The fourth-order valence-corrected chi connectivity index (χ4v) is 8.13. The molecular formula is C55H43N5. The second-order valence-corrected chi connectivity index (χ2v) is 15.9. The third-order valence-corrected chi connectivity index (χ3v) is 11.5. The quantitative estimate of drug-likeness (QED) is 0.146. The van der Waals surface area contributed by atoms with Crippen LogP contribution >= 0.6 is 0 Å². The van der Waals surface area contributed by atoms with E-state index < -0.39 is 0 Å². The molecule has 5 heteroatoms. The first-order chi connectivity index (χ1) is 29.3. The van der Waals surface area contributed by atoms with Gasteiger partial charge in [0.2, 0.25) is 0 Å². The average molecular weight is 774 g/mol. The van der Waals surface area contributed by atoms with Crippen molar-refractivity contribution in [3.05, 3.63) is 198 Å². The second-order valence-electron chi connectivity index (χ2n) is 15.9. The standard InChI is InChI=1S/C55H43N5/c1-36(2)38-16-23-47(24-17-38)59(46-10-6-5-7-11-46)48-25-18-39(19-26-48)52-32-44(42-14-15-43(34-56)45(30-42)35-57)33-53(58-52)40-20-27-49(28-21-40)60-54-13-9-8-12-50(54)51-31-41(37(3)4)22-29-55(51)60/h5-33,36-37H,1-4H3. The molecule has 0 aliphatic rings. The van der Waals surface area contributed by atoms with Crippen LogP contribution in [-0.4, -0.2) is 9.55 Å². The number of nitriles is 2. The molecule has 288 valence electrons. The maximum atomic E-state index is 9.91. The van der Waals surface area contributed by atoms with E-state index in [1.807, 2.05) is 12.1 Å². The summed E-state index contributed by atoms with van der Waals surface area (Å²) in [4.78, 5) is 7.54. The van der Waals surface area contributed by atoms with Gasteiger partial charge in [-0.1, -0.05) is 113 Å². The molecule has 60 heavy (non-hydrogen) atoms. The number of pyridine rings is 1. The van der Waals surface area contributed by atoms with E-state index >= 15 is 0 Å². The predicted molar refractivity (Wildman–Crippen MR) is 247 cm³/mol. The van der Waals surface area contributed by atoms with Crippen molar-refractivity contribution in [2.45, 2.75) is 39.5 Å². The average Bonchev–Trinajstić information content (AvgIpc) is 3.63. The summed E-state index contributed by atoms with van der Waals surface area (Å²) in [5, 5.41) is 22.1. The van der Waals surface area contributed by atoms with Gasteiger partial charge in [-0.15, -0.1) is 0 Å². The van der Waals surface area contributed by atoms with Crippen LogP contribution in [0.15, 0.2) is 176 Å². The normalized spacial score (nSPS) is 11.3. The van der Waals surface area contributed by atoms with Gasteiger partial charge in [-0.3, -0.25) is 0 Å². The predicted octanol–water partition coefficient (Wildman–Crippen LogP) is 14.6. The number of aromatic nitrogens is 2. The summed E-state index contributed by atoms with van der Waals surface area (Å²) < 4.78 is 2.34. The van der Waals surface area contributed by atoms with Gasteiger partial charge in [0.05, 0.1) is 33.5 Å². The van der Waals surface area contributed by atoms with Crippen LogP contribution in [0, 0.1) is 22.7 Å². The van der Waals surface area contributed by atoms with Crippen LogP contribution < -0.4 is 4.90 Å². The largest absolute Gasteiger partial charge is 0.311 e. The third kappa shape index (κ3) is 7.08. The van der Waals surface area contributed by atoms with Gasteiger partial charge in [-0.25, -0.2) is 4.98 Å². The van der Waals surface area contributed by atoms with Crippen molar-refractivity contribution in [1.82, 2.24) is 9.55 Å². The molecule has 0 atom stereocenters. The third-order valence-electron chi connectivity index (χ3n) is 11.5. The Morgan fingerprint density at radius 1 is 0.450 bits per heavy atom. The molecule has 0 saturated carbocycles. The van der Waals surface area contributed by atoms with Gasteiger partial charge in [0, 0.05) is 44.6 Å². The number of nitrogens with zero attached hydrogens (tertiary/aromatic N) is 5. The van der Waals surface area contributed by atoms with Gasteiger partial charge in [0.1, 0.15) is 12.1 Å². The van der Waals surface area contributed by atoms with E-state index in [-0.39, 0.29) is 0 Å². The van der Waals surface area contributed by atoms with Crippen LogP contribution in [-0.2, 0) is 0 Å². The van der Waals surface area contributed by atoms with Crippen molar-refractivity contribution in [2.24, 2.45) is 0 Å². The van der Waals surface area contributed by atoms with E-state index in [1.165, 1.54) is 32.9 Å². The summed E-state index contributed by atoms with van der Waals surface area (Å²) in [6, 6.07) is 65.7. The minimum Gasteiger partial charge on any atom is -0.311 e. The Labute approximate surface area is 351 Å². The van der Waals surface area contributed by atoms with Crippen molar-refractivity contribution in [3.8, 4) is 51.5 Å². The summed E-state index contributed by atoms with van der Waals surface area (Å²) in [5.74, 6) is 0.887. The van der Waals surface area contributed by atoms with E-state index in [1.54, 1.807) is 12.1 Å². The molecule has 0 spiro atoms. The molecular weight excluding hydrogens is 731 g/mol. The molecule has 0 saturated heterocycles. The van der Waals surface area contributed by atoms with Gasteiger partial charge < -0.3 is 9.47 Å². The molecule has 9 aromatic rings. The zero-order chi connectivity index (χ0) is 41.3. The van der Waals surface area contributed by atoms with Crippen LogP contribution in [0.1, 0.15) is 61.8 Å². The van der Waals surface area contributed by atoms with Crippen LogP contribution in [0.2, 0.25) is 0 Å². The highest BCUT2D eigenvalue weighted by atomic mass is 15.1. The number of hydrogen-bond acceptors (Lipinski definition) is 4. The molecule has 0 amide bonds. The molecule has 0 radical (unpaired) electrons.